The molecule has 0 saturated carbocycles. The van der Waals surface area contributed by atoms with Crippen molar-refractivity contribution in [3.05, 3.63) is 71.8 Å². The van der Waals surface area contributed by atoms with Crippen LogP contribution in [0.15, 0.2) is 64.5 Å². The molecule has 1 amide bonds. The van der Waals surface area contributed by atoms with Crippen LogP contribution in [0.4, 0.5) is 10.2 Å². The first kappa shape index (κ1) is 30.0. The number of carbonyl (C=O) groups excluding carboxylic acids is 2. The average Bonchev–Trinajstić information content (AvgIpc) is 3.60. The number of halogens is 1. The Labute approximate surface area is 240 Å². The second kappa shape index (κ2) is 12.7. The Morgan fingerprint density at radius 2 is 1.90 bits per heavy atom. The van der Waals surface area contributed by atoms with Gasteiger partial charge in [0.2, 0.25) is 0 Å². The number of hydrogen-bond acceptors (Lipinski definition) is 10. The molecule has 4 aromatic rings. The molecule has 42 heavy (non-hydrogen) atoms. The molecule has 0 unspecified atom stereocenters. The summed E-state index contributed by atoms with van der Waals surface area (Å²) in [6.45, 7) is 4.67. The van der Waals surface area contributed by atoms with E-state index >= 15 is 0 Å². The number of amides is 1. The summed E-state index contributed by atoms with van der Waals surface area (Å²) in [5.74, 6) is -2.53. The normalized spacial score (nSPS) is 11.2. The molecular weight excluding hydrogens is 573 g/mol. The van der Waals surface area contributed by atoms with Gasteiger partial charge in [-0.05, 0) is 41.8 Å². The summed E-state index contributed by atoms with van der Waals surface area (Å²) in [6.07, 6.45) is 3.75. The molecule has 15 heteroatoms. The summed E-state index contributed by atoms with van der Waals surface area (Å²) in [5, 5.41) is 10.8. The fourth-order valence-electron chi connectivity index (χ4n) is 3.94. The summed E-state index contributed by atoms with van der Waals surface area (Å²) in [5.41, 5.74) is 2.30. The third-order valence-corrected chi connectivity index (χ3v) is 7.42. The van der Waals surface area contributed by atoms with Crippen LogP contribution in [0.2, 0.25) is 0 Å². The highest BCUT2D eigenvalue weighted by molar-refractivity contribution is 7.92. The van der Waals surface area contributed by atoms with E-state index in [-0.39, 0.29) is 46.3 Å². The number of methoxy groups -OCH3 is 2. The summed E-state index contributed by atoms with van der Waals surface area (Å²) in [6, 6.07) is 7.94. The van der Waals surface area contributed by atoms with Crippen LogP contribution in [0, 0.1) is 0 Å². The van der Waals surface area contributed by atoms with Gasteiger partial charge in [-0.25, -0.2) is 17.6 Å². The third-order valence-electron chi connectivity index (χ3n) is 6.06. The van der Waals surface area contributed by atoms with Crippen LogP contribution in [-0.2, 0) is 43.9 Å². The molecule has 0 fully saturated rings. The predicted octanol–water partition coefficient (Wildman–Crippen LogP) is 3.10. The third kappa shape index (κ3) is 6.86. The number of nitrogens with one attached hydrogen (secondary N) is 2. The number of sulfonamides is 1. The topological polar surface area (TPSA) is 164 Å². The smallest absolute Gasteiger partial charge is 0.343 e. The zero-order chi connectivity index (χ0) is 30.4. The van der Waals surface area contributed by atoms with E-state index in [0.29, 0.717) is 17.5 Å². The highest BCUT2D eigenvalue weighted by atomic mass is 32.2. The van der Waals surface area contributed by atoms with Gasteiger partial charge >= 0.3 is 5.97 Å². The van der Waals surface area contributed by atoms with Crippen LogP contribution >= 0.6 is 0 Å². The van der Waals surface area contributed by atoms with Crippen molar-refractivity contribution in [3.63, 3.8) is 0 Å². The summed E-state index contributed by atoms with van der Waals surface area (Å²) in [4.78, 5) is 22.8. The molecular formula is C27H28FN5O8S. The lowest BCUT2D eigenvalue weighted by molar-refractivity contribution is -0.143. The Balaban J connectivity index is 1.59. The maximum Gasteiger partial charge on any atom is 0.343 e. The number of carbonyl (C=O) groups is 2. The van der Waals surface area contributed by atoms with Gasteiger partial charge < -0.3 is 24.1 Å². The molecule has 2 aromatic carbocycles. The number of esters is 1. The van der Waals surface area contributed by atoms with E-state index in [1.807, 2.05) is 6.92 Å². The zero-order valence-corrected chi connectivity index (χ0v) is 23.8. The fourth-order valence-corrected chi connectivity index (χ4v) is 5.14. The molecule has 0 atom stereocenters. The van der Waals surface area contributed by atoms with E-state index in [1.165, 1.54) is 32.5 Å². The van der Waals surface area contributed by atoms with Crippen LogP contribution in [0.5, 0.6) is 11.5 Å². The van der Waals surface area contributed by atoms with Crippen molar-refractivity contribution in [2.75, 3.05) is 25.5 Å². The van der Waals surface area contributed by atoms with Gasteiger partial charge in [-0.15, -0.1) is 0 Å². The van der Waals surface area contributed by atoms with E-state index in [1.54, 1.807) is 29.1 Å². The lowest BCUT2D eigenvalue weighted by Crippen LogP contribution is -2.22. The molecule has 13 nitrogen and oxygen atoms in total. The number of benzene rings is 2. The maximum atomic E-state index is 13.5. The first-order valence-corrected chi connectivity index (χ1v) is 14.0. The summed E-state index contributed by atoms with van der Waals surface area (Å²) < 4.78 is 64.9. The first-order chi connectivity index (χ1) is 20.0. The van der Waals surface area contributed by atoms with E-state index in [9.17, 15) is 22.4 Å². The van der Waals surface area contributed by atoms with Gasteiger partial charge in [0.15, 0.2) is 23.8 Å². The predicted molar refractivity (Wildman–Crippen MR) is 148 cm³/mol. The number of hydrogen-bond donors (Lipinski definition) is 2. The SMILES string of the molecule is C=C(F)C(=O)NCc1cnn(Cc2cc(OC)c3c(NS(=O)(=O)c4cc(CC)ccc4OCC(=O)OC)noc3c2)c1. The van der Waals surface area contributed by atoms with Crippen molar-refractivity contribution in [2.24, 2.45) is 0 Å². The zero-order valence-electron chi connectivity index (χ0n) is 23.0. The minimum absolute atomic E-state index is 0.0417. The molecule has 0 saturated heterocycles. The van der Waals surface area contributed by atoms with Crippen LogP contribution < -0.4 is 19.5 Å². The van der Waals surface area contributed by atoms with Crippen molar-refractivity contribution < 1.29 is 41.1 Å². The van der Waals surface area contributed by atoms with Crippen LogP contribution in [0.3, 0.4) is 0 Å². The summed E-state index contributed by atoms with van der Waals surface area (Å²) >= 11 is 0. The fraction of sp³-hybridized carbons (Fsp3) is 0.259. The van der Waals surface area contributed by atoms with Crippen molar-refractivity contribution in [3.8, 4) is 11.5 Å². The van der Waals surface area contributed by atoms with Crippen LogP contribution in [0.25, 0.3) is 11.0 Å². The second-order valence-electron chi connectivity index (χ2n) is 8.94. The second-order valence-corrected chi connectivity index (χ2v) is 10.6. The van der Waals surface area contributed by atoms with Crippen molar-refractivity contribution in [1.82, 2.24) is 20.3 Å². The number of aromatic nitrogens is 3. The average molecular weight is 602 g/mol. The molecule has 4 rings (SSSR count). The summed E-state index contributed by atoms with van der Waals surface area (Å²) in [7, 11) is -1.66. The molecule has 2 heterocycles. The maximum absolute atomic E-state index is 13.5. The van der Waals surface area contributed by atoms with E-state index in [4.69, 9.17) is 14.0 Å². The van der Waals surface area contributed by atoms with Crippen LogP contribution in [0.1, 0.15) is 23.6 Å². The van der Waals surface area contributed by atoms with Crippen LogP contribution in [-0.4, -0.2) is 56.1 Å². The van der Waals surface area contributed by atoms with Crippen molar-refractivity contribution >= 4 is 38.7 Å². The molecule has 2 N–H and O–H groups in total. The van der Waals surface area contributed by atoms with E-state index in [2.05, 4.69) is 31.6 Å². The minimum Gasteiger partial charge on any atom is -0.496 e. The van der Waals surface area contributed by atoms with E-state index < -0.39 is 34.3 Å². The lowest BCUT2D eigenvalue weighted by atomic mass is 10.1. The molecule has 0 spiro atoms. The minimum atomic E-state index is -4.27. The molecule has 0 aliphatic rings. The molecule has 0 radical (unpaired) electrons. The number of nitrogens with zero attached hydrogens (tertiary/aromatic N) is 3. The van der Waals surface area contributed by atoms with Crippen molar-refractivity contribution in [2.45, 2.75) is 31.3 Å². The molecule has 0 aliphatic carbocycles. The van der Waals surface area contributed by atoms with Crippen molar-refractivity contribution in [1.29, 1.82) is 0 Å². The Morgan fingerprint density at radius 3 is 2.60 bits per heavy atom. The van der Waals surface area contributed by atoms with Gasteiger partial charge in [0.25, 0.3) is 15.9 Å². The monoisotopic (exact) mass is 601 g/mol. The Kier molecular flexibility index (Phi) is 9.10. The molecule has 222 valence electrons. The van der Waals surface area contributed by atoms with Gasteiger partial charge in [0.1, 0.15) is 21.8 Å². The molecule has 0 aliphatic heterocycles. The highest BCUT2D eigenvalue weighted by Crippen LogP contribution is 2.36. The van der Waals surface area contributed by atoms with Gasteiger partial charge in [0, 0.05) is 18.3 Å². The Morgan fingerprint density at radius 1 is 1.12 bits per heavy atom. The standard InChI is InChI=1S/C27H28FN5O8S/c1-5-17-6-7-20(40-15-24(34)39-4)23(10-17)42(36,37)32-26-25-21(38-3)8-18(9-22(25)41-31-26)13-33-14-19(12-30-33)11-29-27(35)16(2)28/h6-10,12,14H,2,5,11,13,15H2,1,3-4H3,(H,29,35)(H,31,32). The van der Waals surface area contributed by atoms with Gasteiger partial charge in [0.05, 0.1) is 27.0 Å². The number of rotatable bonds is 13. The molecule has 2 aromatic heterocycles. The van der Waals surface area contributed by atoms with Gasteiger partial charge in [-0.2, -0.15) is 5.10 Å². The lowest BCUT2D eigenvalue weighted by Gasteiger charge is -2.13. The Bertz CT molecular complexity index is 1750. The van der Waals surface area contributed by atoms with Gasteiger partial charge in [-0.3, -0.25) is 14.2 Å². The number of fused-ring (bicyclic) bond motifs is 1. The number of aryl methyl sites for hydroxylation is 1. The largest absolute Gasteiger partial charge is 0.496 e. The number of ether oxygens (including phenoxy) is 3. The molecule has 0 bridgehead atoms. The number of anilines is 1. The van der Waals surface area contributed by atoms with E-state index in [0.717, 1.165) is 5.56 Å². The first-order valence-electron chi connectivity index (χ1n) is 12.5. The highest BCUT2D eigenvalue weighted by Gasteiger charge is 2.25. The Hall–Kier alpha value is -4.92. The van der Waals surface area contributed by atoms with Gasteiger partial charge in [-0.1, -0.05) is 24.7 Å². The quantitative estimate of drug-likeness (QED) is 0.172.